The molecule has 1 aromatic rings. The van der Waals surface area contributed by atoms with Crippen LogP contribution in [0.15, 0.2) is 12.1 Å². The maximum absolute atomic E-state index is 14.0. The van der Waals surface area contributed by atoms with Gasteiger partial charge in [-0.2, -0.15) is 0 Å². The minimum absolute atomic E-state index is 0.000515. The van der Waals surface area contributed by atoms with E-state index in [2.05, 4.69) is 13.0 Å². The van der Waals surface area contributed by atoms with Crippen LogP contribution in [0, 0.1) is 11.8 Å². The minimum Gasteiger partial charge on any atom is -0.477 e. The number of hydrogen-bond donors (Lipinski definition) is 1. The van der Waals surface area contributed by atoms with E-state index in [0.717, 1.165) is 75.5 Å². The largest absolute Gasteiger partial charge is 0.477 e. The number of allylic oxidation sites excluding steroid dienone is 2. The molecule has 188 valence electrons. The highest BCUT2D eigenvalue weighted by atomic mass is 32.2. The Labute approximate surface area is 212 Å². The van der Waals surface area contributed by atoms with E-state index in [-0.39, 0.29) is 24.0 Å². The maximum atomic E-state index is 14.0. The van der Waals surface area contributed by atoms with E-state index in [0.29, 0.717) is 22.4 Å². The number of carboxylic acid groups (broad SMARTS) is 1. The van der Waals surface area contributed by atoms with Gasteiger partial charge in [-0.3, -0.25) is 4.79 Å². The number of carboxylic acids is 1. The second-order valence-corrected chi connectivity index (χ2v) is 12.1. The molecule has 3 aliphatic rings. The molecule has 0 atom stereocenters. The lowest BCUT2D eigenvalue weighted by Crippen LogP contribution is -2.47. The van der Waals surface area contributed by atoms with Gasteiger partial charge in [0.05, 0.1) is 17.7 Å². The summed E-state index contributed by atoms with van der Waals surface area (Å²) in [6.45, 7) is 2.26. The van der Waals surface area contributed by atoms with Gasteiger partial charge >= 0.3 is 5.97 Å². The third-order valence-electron chi connectivity index (χ3n) is 7.81. The molecule has 4 rings (SSSR count). The first-order chi connectivity index (χ1) is 16.5. The fourth-order valence-corrected chi connectivity index (χ4v) is 7.15. The molecular weight excluding hydrogens is 466 g/mol. The Bertz CT molecular complexity index is 879. The van der Waals surface area contributed by atoms with Crippen LogP contribution in [0.2, 0.25) is 0 Å². The number of carbonyl (C=O) groups is 2. The van der Waals surface area contributed by atoms with Crippen molar-refractivity contribution in [1.29, 1.82) is 0 Å². The van der Waals surface area contributed by atoms with Gasteiger partial charge in [0.15, 0.2) is 0 Å². The number of aromatic carboxylic acids is 1. The molecule has 0 unspecified atom stereocenters. The molecule has 34 heavy (non-hydrogen) atoms. The van der Waals surface area contributed by atoms with Crippen molar-refractivity contribution in [3.05, 3.63) is 21.9 Å². The summed E-state index contributed by atoms with van der Waals surface area (Å²) in [6, 6.07) is 2.06. The van der Waals surface area contributed by atoms with E-state index < -0.39 is 5.97 Å². The van der Waals surface area contributed by atoms with Crippen LogP contribution in [0.1, 0.15) is 98.5 Å². The van der Waals surface area contributed by atoms with Gasteiger partial charge in [0.25, 0.3) is 0 Å². The minimum atomic E-state index is -0.922. The third-order valence-corrected chi connectivity index (χ3v) is 9.37. The van der Waals surface area contributed by atoms with Gasteiger partial charge in [0, 0.05) is 16.8 Å². The number of amides is 1. The standard InChI is InChI=1S/C27H39NO4S2/c1-18-8-10-20(11-9-18)26(29)28(21-12-14-22(15-13-21)32-17-33-2)23-16-24(34-25(23)27(30)31)19-6-4-3-5-7-19/h6,16,18,20-22H,3-5,7-15,17H2,1-2H3,(H,30,31)/t18-,20-,21-,22-. The number of rotatable bonds is 8. The van der Waals surface area contributed by atoms with Crippen molar-refractivity contribution in [3.8, 4) is 0 Å². The van der Waals surface area contributed by atoms with Crippen LogP contribution in [0.5, 0.6) is 0 Å². The lowest BCUT2D eigenvalue weighted by molar-refractivity contribution is -0.124. The van der Waals surface area contributed by atoms with Crippen molar-refractivity contribution in [1.82, 2.24) is 0 Å². The highest BCUT2D eigenvalue weighted by Crippen LogP contribution is 2.42. The lowest BCUT2D eigenvalue weighted by atomic mass is 9.81. The zero-order chi connectivity index (χ0) is 24.1. The number of carbonyl (C=O) groups excluding carboxylic acids is 1. The summed E-state index contributed by atoms with van der Waals surface area (Å²) in [4.78, 5) is 29.6. The number of ether oxygens (including phenoxy) is 1. The topological polar surface area (TPSA) is 66.8 Å². The Hall–Kier alpha value is -1.31. The van der Waals surface area contributed by atoms with Crippen LogP contribution < -0.4 is 4.90 Å². The smallest absolute Gasteiger partial charge is 0.348 e. The third kappa shape index (κ3) is 6.08. The van der Waals surface area contributed by atoms with Crippen molar-refractivity contribution in [2.75, 3.05) is 17.1 Å². The van der Waals surface area contributed by atoms with Gasteiger partial charge in [0.1, 0.15) is 4.88 Å². The maximum Gasteiger partial charge on any atom is 0.348 e. The molecule has 1 N–H and O–H groups in total. The predicted octanol–water partition coefficient (Wildman–Crippen LogP) is 7.21. The van der Waals surface area contributed by atoms with Crippen LogP contribution in [0.25, 0.3) is 5.57 Å². The fourth-order valence-electron chi connectivity index (χ4n) is 5.77. The molecule has 1 aromatic heterocycles. The highest BCUT2D eigenvalue weighted by molar-refractivity contribution is 7.98. The Morgan fingerprint density at radius 1 is 1.12 bits per heavy atom. The van der Waals surface area contributed by atoms with E-state index in [1.807, 2.05) is 17.2 Å². The molecule has 2 saturated carbocycles. The molecule has 7 heteroatoms. The SMILES string of the molecule is CSCO[C@H]1CC[C@H](N(c2cc(C3=CCCCC3)sc2C(=O)O)C(=O)[C@H]2CC[C@H](C)CC2)CC1. The van der Waals surface area contributed by atoms with E-state index in [9.17, 15) is 14.7 Å². The Morgan fingerprint density at radius 2 is 1.85 bits per heavy atom. The summed E-state index contributed by atoms with van der Waals surface area (Å²) in [5.41, 5.74) is 1.88. The van der Waals surface area contributed by atoms with Crippen molar-refractivity contribution in [2.24, 2.45) is 11.8 Å². The first-order valence-corrected chi connectivity index (χ1v) is 15.2. The zero-order valence-electron chi connectivity index (χ0n) is 20.6. The molecule has 0 radical (unpaired) electrons. The van der Waals surface area contributed by atoms with Crippen molar-refractivity contribution in [2.45, 2.75) is 96.1 Å². The average Bonchev–Trinajstić information content (AvgIpc) is 3.30. The molecule has 2 fully saturated rings. The number of thioether (sulfide) groups is 1. The van der Waals surface area contributed by atoms with Gasteiger partial charge in [0.2, 0.25) is 5.91 Å². The predicted molar refractivity (Wildman–Crippen MR) is 142 cm³/mol. The van der Waals surface area contributed by atoms with Crippen molar-refractivity contribution >= 4 is 46.2 Å². The Kier molecular flexibility index (Phi) is 9.16. The summed E-state index contributed by atoms with van der Waals surface area (Å²) in [7, 11) is 0. The van der Waals surface area contributed by atoms with Crippen molar-refractivity contribution < 1.29 is 19.4 Å². The first-order valence-electron chi connectivity index (χ1n) is 13.0. The van der Waals surface area contributed by atoms with Crippen LogP contribution in [0.4, 0.5) is 5.69 Å². The molecular formula is C27H39NO4S2. The Morgan fingerprint density at radius 3 is 2.47 bits per heavy atom. The number of thiophene rings is 1. The molecule has 0 saturated heterocycles. The summed E-state index contributed by atoms with van der Waals surface area (Å²) < 4.78 is 5.96. The van der Waals surface area contributed by atoms with Crippen LogP contribution in [0.3, 0.4) is 0 Å². The van der Waals surface area contributed by atoms with Gasteiger partial charge in [-0.05, 0) is 101 Å². The van der Waals surface area contributed by atoms with Crippen LogP contribution >= 0.6 is 23.1 Å². The molecule has 3 aliphatic carbocycles. The molecule has 5 nitrogen and oxygen atoms in total. The first kappa shape index (κ1) is 25.8. The van der Waals surface area contributed by atoms with E-state index in [4.69, 9.17) is 4.74 Å². The second kappa shape index (κ2) is 12.1. The van der Waals surface area contributed by atoms with Gasteiger partial charge in [-0.25, -0.2) is 4.79 Å². The Balaban J connectivity index is 1.64. The monoisotopic (exact) mass is 505 g/mol. The average molecular weight is 506 g/mol. The second-order valence-electron chi connectivity index (χ2n) is 10.3. The zero-order valence-corrected chi connectivity index (χ0v) is 22.2. The van der Waals surface area contributed by atoms with Gasteiger partial charge in [-0.15, -0.1) is 23.1 Å². The lowest BCUT2D eigenvalue weighted by Gasteiger charge is -2.39. The molecule has 0 bridgehead atoms. The molecule has 0 aromatic carbocycles. The number of nitrogens with zero attached hydrogens (tertiary/aromatic N) is 1. The quantitative estimate of drug-likeness (QED) is 0.378. The number of anilines is 1. The number of hydrogen-bond acceptors (Lipinski definition) is 5. The van der Waals surface area contributed by atoms with Crippen LogP contribution in [-0.4, -0.2) is 41.3 Å². The molecule has 0 spiro atoms. The highest BCUT2D eigenvalue weighted by Gasteiger charge is 2.37. The van der Waals surface area contributed by atoms with E-state index in [1.54, 1.807) is 11.8 Å². The van der Waals surface area contributed by atoms with Crippen LogP contribution in [-0.2, 0) is 9.53 Å². The molecule has 1 amide bonds. The summed E-state index contributed by atoms with van der Waals surface area (Å²) in [6.07, 6.45) is 16.4. The normalized spacial score (nSPS) is 27.8. The van der Waals surface area contributed by atoms with Gasteiger partial charge < -0.3 is 14.7 Å². The molecule has 0 aliphatic heterocycles. The summed E-state index contributed by atoms with van der Waals surface area (Å²) in [5.74, 6) is 0.590. The van der Waals surface area contributed by atoms with E-state index in [1.165, 1.54) is 23.3 Å². The van der Waals surface area contributed by atoms with Crippen molar-refractivity contribution in [3.63, 3.8) is 0 Å². The van der Waals surface area contributed by atoms with Gasteiger partial charge in [-0.1, -0.05) is 13.0 Å². The van der Waals surface area contributed by atoms with E-state index >= 15 is 0 Å². The summed E-state index contributed by atoms with van der Waals surface area (Å²) in [5, 5.41) is 10.1. The summed E-state index contributed by atoms with van der Waals surface area (Å²) >= 11 is 3.04. The fraction of sp³-hybridized carbons (Fsp3) is 0.704. The molecule has 1 heterocycles.